The Bertz CT molecular complexity index is 595. The highest BCUT2D eigenvalue weighted by Gasteiger charge is 2.15. The van der Waals surface area contributed by atoms with Crippen molar-refractivity contribution >= 4 is 18.0 Å². The van der Waals surface area contributed by atoms with Gasteiger partial charge in [-0.2, -0.15) is 5.10 Å². The van der Waals surface area contributed by atoms with Gasteiger partial charge >= 0.3 is 0 Å². The summed E-state index contributed by atoms with van der Waals surface area (Å²) in [6, 6.07) is 7.71. The predicted octanol–water partition coefficient (Wildman–Crippen LogP) is 2.76. The number of carbonyl (C=O) groups excluding carboxylic acids is 2. The molecule has 136 valence electrons. The molecule has 6 heteroatoms. The van der Waals surface area contributed by atoms with Crippen molar-refractivity contribution in [2.45, 2.75) is 57.4 Å². The molecule has 0 aromatic heterocycles. The van der Waals surface area contributed by atoms with Crippen LogP contribution in [0.4, 0.5) is 0 Å². The van der Waals surface area contributed by atoms with Gasteiger partial charge in [-0.25, -0.2) is 5.43 Å². The molecular formula is C19H27N3O3. The second kappa shape index (κ2) is 10.5. The van der Waals surface area contributed by atoms with Crippen LogP contribution in [-0.4, -0.2) is 31.2 Å². The molecule has 0 bridgehead atoms. The highest BCUT2D eigenvalue weighted by Crippen LogP contribution is 2.17. The maximum atomic E-state index is 11.9. The molecule has 2 N–H and O–H groups in total. The quantitative estimate of drug-likeness (QED) is 0.562. The van der Waals surface area contributed by atoms with Crippen molar-refractivity contribution in [3.8, 4) is 5.75 Å². The number of benzene rings is 1. The van der Waals surface area contributed by atoms with Crippen LogP contribution in [-0.2, 0) is 9.59 Å². The van der Waals surface area contributed by atoms with Crippen LogP contribution in [0.5, 0.6) is 5.75 Å². The first-order chi connectivity index (χ1) is 12.2. The van der Waals surface area contributed by atoms with E-state index < -0.39 is 0 Å². The fourth-order valence-corrected chi connectivity index (χ4v) is 2.91. The maximum absolute atomic E-state index is 11.9. The molecule has 1 aliphatic rings. The summed E-state index contributed by atoms with van der Waals surface area (Å²) in [6.45, 7) is 0. The second-order valence-corrected chi connectivity index (χ2v) is 6.33. The highest BCUT2D eigenvalue weighted by molar-refractivity contribution is 5.83. The molecule has 0 radical (unpaired) electrons. The van der Waals surface area contributed by atoms with Crippen molar-refractivity contribution < 1.29 is 14.3 Å². The SMILES string of the molecule is COc1cccc(/C=N\NC(=O)CCCC(=O)NC2CCCCC2)c1. The van der Waals surface area contributed by atoms with E-state index in [9.17, 15) is 9.59 Å². The molecule has 0 spiro atoms. The number of hydrogen-bond acceptors (Lipinski definition) is 4. The smallest absolute Gasteiger partial charge is 0.240 e. The van der Waals surface area contributed by atoms with Crippen LogP contribution in [0.1, 0.15) is 56.9 Å². The van der Waals surface area contributed by atoms with Crippen LogP contribution >= 0.6 is 0 Å². The largest absolute Gasteiger partial charge is 0.497 e. The zero-order valence-electron chi connectivity index (χ0n) is 14.8. The molecule has 1 aromatic rings. The van der Waals surface area contributed by atoms with Gasteiger partial charge in [0.2, 0.25) is 11.8 Å². The van der Waals surface area contributed by atoms with Crippen molar-refractivity contribution in [3.63, 3.8) is 0 Å². The molecule has 0 saturated heterocycles. The van der Waals surface area contributed by atoms with E-state index in [2.05, 4.69) is 15.8 Å². The number of nitrogens with one attached hydrogen (secondary N) is 2. The van der Waals surface area contributed by atoms with Gasteiger partial charge < -0.3 is 10.1 Å². The van der Waals surface area contributed by atoms with Crippen LogP contribution in [0.3, 0.4) is 0 Å². The number of amides is 2. The third-order valence-corrected chi connectivity index (χ3v) is 4.27. The van der Waals surface area contributed by atoms with E-state index in [4.69, 9.17) is 4.74 Å². The molecule has 0 aliphatic heterocycles. The number of rotatable bonds is 8. The molecule has 6 nitrogen and oxygen atoms in total. The lowest BCUT2D eigenvalue weighted by Gasteiger charge is -2.22. The number of carbonyl (C=O) groups is 2. The lowest BCUT2D eigenvalue weighted by Crippen LogP contribution is -2.36. The molecule has 1 aromatic carbocycles. The van der Waals surface area contributed by atoms with Crippen LogP contribution in [0.2, 0.25) is 0 Å². The number of hydrazone groups is 1. The summed E-state index contributed by atoms with van der Waals surface area (Å²) in [5.41, 5.74) is 3.32. The maximum Gasteiger partial charge on any atom is 0.240 e. The Labute approximate surface area is 149 Å². The summed E-state index contributed by atoms with van der Waals surface area (Å²) in [6.07, 6.45) is 8.56. The lowest BCUT2D eigenvalue weighted by atomic mass is 9.95. The Morgan fingerprint density at radius 3 is 2.72 bits per heavy atom. The molecule has 25 heavy (non-hydrogen) atoms. The predicted molar refractivity (Wildman–Crippen MR) is 97.6 cm³/mol. The monoisotopic (exact) mass is 345 g/mol. The molecular weight excluding hydrogens is 318 g/mol. The van der Waals surface area contributed by atoms with E-state index >= 15 is 0 Å². The van der Waals surface area contributed by atoms with Gasteiger partial charge in [0.1, 0.15) is 5.75 Å². The summed E-state index contributed by atoms with van der Waals surface area (Å²) in [4.78, 5) is 23.6. The minimum absolute atomic E-state index is 0.0413. The molecule has 2 amide bonds. The van der Waals surface area contributed by atoms with Crippen LogP contribution in [0, 0.1) is 0 Å². The van der Waals surface area contributed by atoms with Gasteiger partial charge in [-0.15, -0.1) is 0 Å². The van der Waals surface area contributed by atoms with Crippen LogP contribution in [0.15, 0.2) is 29.4 Å². The van der Waals surface area contributed by atoms with E-state index in [0.717, 1.165) is 24.2 Å². The molecule has 0 heterocycles. The highest BCUT2D eigenvalue weighted by atomic mass is 16.5. The molecule has 1 saturated carbocycles. The standard InChI is InChI=1S/C19H27N3O3/c1-25-17-10-5-7-15(13-17)14-20-22-19(24)12-6-11-18(23)21-16-8-3-2-4-9-16/h5,7,10,13-14,16H,2-4,6,8-9,11-12H2,1H3,(H,21,23)(H,22,24)/b20-14-. The normalized spacial score (nSPS) is 15.1. The summed E-state index contributed by atoms with van der Waals surface area (Å²) in [7, 11) is 1.60. The first kappa shape index (κ1) is 19.0. The number of ether oxygens (including phenoxy) is 1. The Kier molecular flexibility index (Phi) is 7.95. The Hall–Kier alpha value is -2.37. The Morgan fingerprint density at radius 2 is 1.96 bits per heavy atom. The Balaban J connectivity index is 1.61. The first-order valence-corrected chi connectivity index (χ1v) is 8.92. The van der Waals surface area contributed by atoms with E-state index in [1.807, 2.05) is 24.3 Å². The number of methoxy groups -OCH3 is 1. The number of hydrogen-bond donors (Lipinski definition) is 2. The fourth-order valence-electron chi connectivity index (χ4n) is 2.91. The van der Waals surface area contributed by atoms with Crippen molar-refractivity contribution in [2.24, 2.45) is 5.10 Å². The van der Waals surface area contributed by atoms with E-state index in [-0.39, 0.29) is 18.2 Å². The lowest BCUT2D eigenvalue weighted by molar-refractivity contribution is -0.123. The van der Waals surface area contributed by atoms with E-state index in [0.29, 0.717) is 18.9 Å². The summed E-state index contributed by atoms with van der Waals surface area (Å²) < 4.78 is 5.13. The Morgan fingerprint density at radius 1 is 1.20 bits per heavy atom. The molecule has 2 rings (SSSR count). The molecule has 0 unspecified atom stereocenters. The van der Waals surface area contributed by atoms with Gasteiger partial charge in [-0.3, -0.25) is 9.59 Å². The van der Waals surface area contributed by atoms with Crippen LogP contribution < -0.4 is 15.5 Å². The molecule has 0 atom stereocenters. The van der Waals surface area contributed by atoms with Crippen molar-refractivity contribution in [1.82, 2.24) is 10.7 Å². The van der Waals surface area contributed by atoms with Gasteiger partial charge in [0.15, 0.2) is 0 Å². The third kappa shape index (κ3) is 7.37. The fraction of sp³-hybridized carbons (Fsp3) is 0.526. The minimum Gasteiger partial charge on any atom is -0.497 e. The van der Waals surface area contributed by atoms with Gasteiger partial charge in [0.05, 0.1) is 13.3 Å². The van der Waals surface area contributed by atoms with E-state index in [1.54, 1.807) is 13.3 Å². The zero-order chi connectivity index (χ0) is 17.9. The van der Waals surface area contributed by atoms with Crippen molar-refractivity contribution in [2.75, 3.05) is 7.11 Å². The average Bonchev–Trinajstić information content (AvgIpc) is 2.63. The van der Waals surface area contributed by atoms with Gasteiger partial charge in [-0.05, 0) is 37.0 Å². The molecule has 1 fully saturated rings. The third-order valence-electron chi connectivity index (χ3n) is 4.27. The number of nitrogens with zero attached hydrogens (tertiary/aromatic N) is 1. The summed E-state index contributed by atoms with van der Waals surface area (Å²) in [5.74, 6) is 0.587. The van der Waals surface area contributed by atoms with Crippen molar-refractivity contribution in [3.05, 3.63) is 29.8 Å². The molecule has 1 aliphatic carbocycles. The first-order valence-electron chi connectivity index (χ1n) is 8.92. The van der Waals surface area contributed by atoms with Crippen LogP contribution in [0.25, 0.3) is 0 Å². The van der Waals surface area contributed by atoms with Crippen molar-refractivity contribution in [1.29, 1.82) is 0 Å². The van der Waals surface area contributed by atoms with Gasteiger partial charge in [0.25, 0.3) is 0 Å². The minimum atomic E-state index is -0.190. The topological polar surface area (TPSA) is 79.8 Å². The van der Waals surface area contributed by atoms with E-state index in [1.165, 1.54) is 19.3 Å². The average molecular weight is 345 g/mol. The summed E-state index contributed by atoms with van der Waals surface area (Å²) in [5, 5.41) is 6.98. The summed E-state index contributed by atoms with van der Waals surface area (Å²) >= 11 is 0. The van der Waals surface area contributed by atoms with Gasteiger partial charge in [-0.1, -0.05) is 31.4 Å². The van der Waals surface area contributed by atoms with Gasteiger partial charge in [0, 0.05) is 18.9 Å². The second-order valence-electron chi connectivity index (χ2n) is 6.33. The zero-order valence-corrected chi connectivity index (χ0v) is 14.8.